The summed E-state index contributed by atoms with van der Waals surface area (Å²) in [5, 5.41) is 0. The second kappa shape index (κ2) is 3.97. The van der Waals surface area contributed by atoms with Crippen LogP contribution >= 0.6 is 0 Å². The van der Waals surface area contributed by atoms with Crippen LogP contribution < -0.4 is 0 Å². The lowest BCUT2D eigenvalue weighted by atomic mass is 10.0. The monoisotopic (exact) mass is 184 g/mol. The van der Waals surface area contributed by atoms with Gasteiger partial charge in [-0.15, -0.1) is 0 Å². The zero-order valence-electron chi connectivity index (χ0n) is 9.80. The van der Waals surface area contributed by atoms with Gasteiger partial charge in [0.2, 0.25) is 0 Å². The topological polar surface area (TPSA) is 6.48 Å². The van der Waals surface area contributed by atoms with Crippen LogP contribution in [0.5, 0.6) is 0 Å². The molecule has 0 bridgehead atoms. The van der Waals surface area contributed by atoms with E-state index in [2.05, 4.69) is 44.4 Å². The number of hydrogen-bond donors (Lipinski definition) is 0. The van der Waals surface area contributed by atoms with Gasteiger partial charge in [0.25, 0.3) is 0 Å². The Labute approximate surface area is 82.9 Å². The largest absolute Gasteiger partial charge is 0.298 e. The van der Waals surface area contributed by atoms with Crippen LogP contribution in [-0.2, 0) is 0 Å². The summed E-state index contributed by atoms with van der Waals surface area (Å²) in [4.78, 5) is 5.13. The van der Waals surface area contributed by atoms with Crippen molar-refractivity contribution >= 4 is 0 Å². The summed E-state index contributed by atoms with van der Waals surface area (Å²) in [6.45, 7) is 16.4. The Morgan fingerprint density at radius 3 is 1.69 bits per heavy atom. The maximum Gasteiger partial charge on any atom is 0.0126 e. The average molecular weight is 184 g/mol. The van der Waals surface area contributed by atoms with E-state index in [1.54, 1.807) is 0 Å². The van der Waals surface area contributed by atoms with Crippen molar-refractivity contribution in [3.63, 3.8) is 0 Å². The second-order valence-corrected chi connectivity index (χ2v) is 5.29. The summed E-state index contributed by atoms with van der Waals surface area (Å²) in [6.07, 6.45) is 0. The van der Waals surface area contributed by atoms with E-state index in [-0.39, 0.29) is 0 Å². The van der Waals surface area contributed by atoms with E-state index in [1.807, 2.05) is 0 Å². The van der Waals surface area contributed by atoms with Crippen LogP contribution in [0.3, 0.4) is 0 Å². The number of nitrogens with zero attached hydrogens (tertiary/aromatic N) is 2. The van der Waals surface area contributed by atoms with E-state index in [0.29, 0.717) is 11.6 Å². The van der Waals surface area contributed by atoms with Crippen molar-refractivity contribution in [3.8, 4) is 0 Å². The van der Waals surface area contributed by atoms with Crippen molar-refractivity contribution in [2.45, 2.75) is 46.2 Å². The lowest BCUT2D eigenvalue weighted by Gasteiger charge is -2.43. The van der Waals surface area contributed by atoms with Crippen LogP contribution in [0.15, 0.2) is 0 Å². The highest BCUT2D eigenvalue weighted by atomic mass is 15.3. The minimum Gasteiger partial charge on any atom is -0.298 e. The molecule has 1 heterocycles. The molecule has 1 rings (SSSR count). The first-order chi connectivity index (χ1) is 5.91. The number of piperazine rings is 1. The Morgan fingerprint density at radius 2 is 1.38 bits per heavy atom. The lowest BCUT2D eigenvalue weighted by molar-refractivity contribution is 0.0491. The second-order valence-electron chi connectivity index (χ2n) is 5.29. The fourth-order valence-corrected chi connectivity index (χ4v) is 1.91. The lowest BCUT2D eigenvalue weighted by Crippen LogP contribution is -2.54. The van der Waals surface area contributed by atoms with E-state index in [4.69, 9.17) is 0 Å². The molecule has 0 aromatic rings. The van der Waals surface area contributed by atoms with Gasteiger partial charge in [-0.05, 0) is 34.6 Å². The molecule has 0 aliphatic carbocycles. The molecule has 0 unspecified atom stereocenters. The van der Waals surface area contributed by atoms with Crippen LogP contribution in [0, 0.1) is 0 Å². The van der Waals surface area contributed by atoms with E-state index in [0.717, 1.165) is 0 Å². The zero-order chi connectivity index (χ0) is 10.1. The number of hydrogen-bond acceptors (Lipinski definition) is 2. The molecule has 0 atom stereocenters. The third-order valence-corrected chi connectivity index (χ3v) is 2.99. The third-order valence-electron chi connectivity index (χ3n) is 2.99. The predicted octanol–water partition coefficient (Wildman–Crippen LogP) is 1.81. The summed E-state index contributed by atoms with van der Waals surface area (Å²) in [7, 11) is 0. The smallest absolute Gasteiger partial charge is 0.0126 e. The van der Waals surface area contributed by atoms with Gasteiger partial charge in [-0.1, -0.05) is 0 Å². The molecule has 0 amide bonds. The van der Waals surface area contributed by atoms with Crippen molar-refractivity contribution in [3.05, 3.63) is 0 Å². The molecule has 13 heavy (non-hydrogen) atoms. The van der Waals surface area contributed by atoms with E-state index in [1.165, 1.54) is 26.2 Å². The highest BCUT2D eigenvalue weighted by molar-refractivity contribution is 4.82. The molecule has 2 heteroatoms. The molecule has 0 aromatic carbocycles. The van der Waals surface area contributed by atoms with Gasteiger partial charge in [0.1, 0.15) is 0 Å². The fraction of sp³-hybridized carbons (Fsp3) is 1.00. The summed E-state index contributed by atoms with van der Waals surface area (Å²) in [5.74, 6) is 0. The van der Waals surface area contributed by atoms with Crippen LogP contribution in [0.1, 0.15) is 34.6 Å². The first kappa shape index (κ1) is 11.0. The molecular formula is C11H24N2. The molecule has 1 aliphatic heterocycles. The van der Waals surface area contributed by atoms with Crippen LogP contribution in [0.2, 0.25) is 0 Å². The molecule has 0 aromatic heterocycles. The maximum absolute atomic E-state index is 2.58. The standard InChI is InChI=1S/C11H24N2/c1-10(2)12-6-8-13(9-7-12)11(3,4)5/h10H,6-9H2,1-5H3. The predicted molar refractivity (Wildman–Crippen MR) is 58.0 cm³/mol. The van der Waals surface area contributed by atoms with E-state index in [9.17, 15) is 0 Å². The summed E-state index contributed by atoms with van der Waals surface area (Å²) in [5.41, 5.74) is 0.350. The van der Waals surface area contributed by atoms with Crippen LogP contribution in [-0.4, -0.2) is 47.6 Å². The molecule has 1 aliphatic rings. The molecule has 1 fully saturated rings. The average Bonchev–Trinajstić information content (AvgIpc) is 2.03. The Morgan fingerprint density at radius 1 is 0.923 bits per heavy atom. The van der Waals surface area contributed by atoms with Gasteiger partial charge in [0.15, 0.2) is 0 Å². The van der Waals surface area contributed by atoms with Crippen molar-refractivity contribution in [2.24, 2.45) is 0 Å². The van der Waals surface area contributed by atoms with Gasteiger partial charge in [-0.3, -0.25) is 9.80 Å². The summed E-state index contributed by atoms with van der Waals surface area (Å²) in [6, 6.07) is 0.710. The van der Waals surface area contributed by atoms with Crippen molar-refractivity contribution < 1.29 is 0 Å². The Kier molecular flexibility index (Phi) is 3.36. The highest BCUT2D eigenvalue weighted by Gasteiger charge is 2.26. The van der Waals surface area contributed by atoms with Gasteiger partial charge in [0.05, 0.1) is 0 Å². The molecular weight excluding hydrogens is 160 g/mol. The normalized spacial score (nSPS) is 22.6. The molecule has 0 N–H and O–H groups in total. The minimum absolute atomic E-state index is 0.350. The quantitative estimate of drug-likeness (QED) is 0.613. The summed E-state index contributed by atoms with van der Waals surface area (Å²) >= 11 is 0. The summed E-state index contributed by atoms with van der Waals surface area (Å²) < 4.78 is 0. The molecule has 78 valence electrons. The van der Waals surface area contributed by atoms with Gasteiger partial charge >= 0.3 is 0 Å². The minimum atomic E-state index is 0.350. The molecule has 0 radical (unpaired) electrons. The highest BCUT2D eigenvalue weighted by Crippen LogP contribution is 2.16. The Hall–Kier alpha value is -0.0800. The van der Waals surface area contributed by atoms with Gasteiger partial charge < -0.3 is 0 Å². The molecule has 2 nitrogen and oxygen atoms in total. The number of rotatable bonds is 1. The Balaban J connectivity index is 2.39. The van der Waals surface area contributed by atoms with Crippen molar-refractivity contribution in [1.29, 1.82) is 0 Å². The van der Waals surface area contributed by atoms with Gasteiger partial charge in [-0.2, -0.15) is 0 Å². The third kappa shape index (κ3) is 2.96. The molecule has 0 spiro atoms. The molecule has 1 saturated heterocycles. The zero-order valence-corrected chi connectivity index (χ0v) is 9.80. The first-order valence-electron chi connectivity index (χ1n) is 5.40. The Bertz CT molecular complexity index is 150. The fourth-order valence-electron chi connectivity index (χ4n) is 1.91. The first-order valence-corrected chi connectivity index (χ1v) is 5.40. The van der Waals surface area contributed by atoms with Crippen LogP contribution in [0.4, 0.5) is 0 Å². The van der Waals surface area contributed by atoms with Crippen LogP contribution in [0.25, 0.3) is 0 Å². The van der Waals surface area contributed by atoms with Crippen molar-refractivity contribution in [1.82, 2.24) is 9.80 Å². The molecule has 0 saturated carbocycles. The van der Waals surface area contributed by atoms with Gasteiger partial charge in [-0.25, -0.2) is 0 Å². The van der Waals surface area contributed by atoms with Crippen molar-refractivity contribution in [2.75, 3.05) is 26.2 Å². The van der Waals surface area contributed by atoms with E-state index < -0.39 is 0 Å². The SMILES string of the molecule is CC(C)N1CCN(C(C)(C)C)CC1. The van der Waals surface area contributed by atoms with E-state index >= 15 is 0 Å². The van der Waals surface area contributed by atoms with Gasteiger partial charge in [0, 0.05) is 37.8 Å². The maximum atomic E-state index is 2.58.